The van der Waals surface area contributed by atoms with Crippen molar-refractivity contribution >= 4 is 5.97 Å². The summed E-state index contributed by atoms with van der Waals surface area (Å²) in [6.45, 7) is 8.09. The van der Waals surface area contributed by atoms with Crippen molar-refractivity contribution < 1.29 is 9.90 Å². The van der Waals surface area contributed by atoms with Crippen LogP contribution in [-0.4, -0.2) is 21.0 Å². The van der Waals surface area contributed by atoms with E-state index in [9.17, 15) is 9.90 Å². The third-order valence-electron chi connectivity index (χ3n) is 3.21. The molecular formula is C13H18N2O2. The van der Waals surface area contributed by atoms with Crippen molar-refractivity contribution in [2.45, 2.75) is 51.4 Å². The minimum absolute atomic E-state index is 0.0863. The van der Waals surface area contributed by atoms with Crippen LogP contribution in [0.3, 0.4) is 0 Å². The summed E-state index contributed by atoms with van der Waals surface area (Å²) in [5.41, 5.74) is 0.850. The maximum Gasteiger partial charge on any atom is 0.317 e. The molecule has 1 N–H and O–H groups in total. The van der Waals surface area contributed by atoms with Crippen molar-refractivity contribution in [2.75, 3.05) is 0 Å². The van der Waals surface area contributed by atoms with Crippen LogP contribution >= 0.6 is 0 Å². The van der Waals surface area contributed by atoms with Crippen LogP contribution in [0, 0.1) is 6.92 Å². The van der Waals surface area contributed by atoms with Crippen LogP contribution in [-0.2, 0) is 15.6 Å². The smallest absolute Gasteiger partial charge is 0.317 e. The van der Waals surface area contributed by atoms with E-state index < -0.39 is 11.4 Å². The van der Waals surface area contributed by atoms with Gasteiger partial charge in [-0.05, 0) is 25.8 Å². The number of aromatic nitrogens is 2. The van der Waals surface area contributed by atoms with Crippen molar-refractivity contribution in [3.8, 4) is 0 Å². The van der Waals surface area contributed by atoms with Gasteiger partial charge < -0.3 is 5.11 Å². The van der Waals surface area contributed by atoms with E-state index in [1.165, 1.54) is 0 Å². The van der Waals surface area contributed by atoms with Crippen molar-refractivity contribution in [3.63, 3.8) is 0 Å². The molecule has 17 heavy (non-hydrogen) atoms. The average molecular weight is 234 g/mol. The van der Waals surface area contributed by atoms with E-state index in [2.05, 4.69) is 30.7 Å². The highest BCUT2D eigenvalue weighted by atomic mass is 16.4. The highest BCUT2D eigenvalue weighted by molar-refractivity contribution is 5.83. The first-order valence-corrected chi connectivity index (χ1v) is 5.86. The number of hydrogen-bond donors (Lipinski definition) is 1. The quantitative estimate of drug-likeness (QED) is 0.852. The number of carboxylic acids is 1. The molecule has 0 saturated heterocycles. The van der Waals surface area contributed by atoms with Gasteiger partial charge in [-0.2, -0.15) is 0 Å². The van der Waals surface area contributed by atoms with Crippen LogP contribution in [0.4, 0.5) is 0 Å². The first-order chi connectivity index (χ1) is 7.75. The average Bonchev–Trinajstić information content (AvgIpc) is 2.95. The summed E-state index contributed by atoms with van der Waals surface area (Å²) in [5, 5.41) is 9.26. The SMILES string of the molecule is Cc1cc(C(C)(C)C)nc(C2(C(=O)O)CC2)n1. The van der Waals surface area contributed by atoms with Gasteiger partial charge in [0.05, 0.1) is 0 Å². The number of aliphatic carboxylic acids is 1. The van der Waals surface area contributed by atoms with E-state index in [-0.39, 0.29) is 5.41 Å². The number of carboxylic acid groups (broad SMARTS) is 1. The van der Waals surface area contributed by atoms with Gasteiger partial charge >= 0.3 is 5.97 Å². The van der Waals surface area contributed by atoms with Crippen LogP contribution in [0.15, 0.2) is 6.07 Å². The van der Waals surface area contributed by atoms with Crippen LogP contribution in [0.1, 0.15) is 50.8 Å². The summed E-state index contributed by atoms with van der Waals surface area (Å²) in [6, 6.07) is 1.93. The number of aryl methyl sites for hydroxylation is 1. The Morgan fingerprint density at radius 2 is 1.94 bits per heavy atom. The summed E-state index contributed by atoms with van der Waals surface area (Å²) in [4.78, 5) is 20.1. The molecule has 0 radical (unpaired) electrons. The topological polar surface area (TPSA) is 63.1 Å². The van der Waals surface area contributed by atoms with Gasteiger partial charge in [0, 0.05) is 16.8 Å². The molecule has 1 aliphatic rings. The maximum atomic E-state index is 11.3. The predicted molar refractivity (Wildman–Crippen MR) is 64.0 cm³/mol. The van der Waals surface area contributed by atoms with Gasteiger partial charge in [-0.1, -0.05) is 20.8 Å². The second-order valence-corrected chi connectivity index (χ2v) is 5.86. The van der Waals surface area contributed by atoms with Gasteiger partial charge in [-0.25, -0.2) is 9.97 Å². The van der Waals surface area contributed by atoms with Crippen LogP contribution in [0.5, 0.6) is 0 Å². The van der Waals surface area contributed by atoms with Gasteiger partial charge in [0.2, 0.25) is 0 Å². The van der Waals surface area contributed by atoms with Crippen molar-refractivity contribution in [1.29, 1.82) is 0 Å². The molecule has 92 valence electrons. The largest absolute Gasteiger partial charge is 0.480 e. The molecule has 0 bridgehead atoms. The molecular weight excluding hydrogens is 216 g/mol. The molecule has 0 amide bonds. The minimum atomic E-state index is -0.813. The molecule has 4 nitrogen and oxygen atoms in total. The molecule has 0 aromatic carbocycles. The van der Waals surface area contributed by atoms with Gasteiger partial charge in [-0.3, -0.25) is 4.79 Å². The third-order valence-corrected chi connectivity index (χ3v) is 3.21. The Morgan fingerprint density at radius 1 is 1.35 bits per heavy atom. The third kappa shape index (κ3) is 2.04. The van der Waals surface area contributed by atoms with E-state index in [0.29, 0.717) is 18.7 Å². The van der Waals surface area contributed by atoms with Crippen LogP contribution in [0.25, 0.3) is 0 Å². The van der Waals surface area contributed by atoms with E-state index >= 15 is 0 Å². The fraction of sp³-hybridized carbons (Fsp3) is 0.615. The van der Waals surface area contributed by atoms with Gasteiger partial charge in [0.25, 0.3) is 0 Å². The normalized spacial score (nSPS) is 17.9. The molecule has 1 heterocycles. The second-order valence-electron chi connectivity index (χ2n) is 5.86. The first-order valence-electron chi connectivity index (χ1n) is 5.86. The van der Waals surface area contributed by atoms with Gasteiger partial charge in [0.15, 0.2) is 0 Å². The zero-order chi connectivity index (χ0) is 12.8. The van der Waals surface area contributed by atoms with Gasteiger partial charge in [0.1, 0.15) is 11.2 Å². The first kappa shape index (κ1) is 12.0. The Balaban J connectivity index is 2.50. The van der Waals surface area contributed by atoms with Crippen molar-refractivity contribution in [3.05, 3.63) is 23.3 Å². The lowest BCUT2D eigenvalue weighted by Crippen LogP contribution is -2.25. The second kappa shape index (κ2) is 3.52. The minimum Gasteiger partial charge on any atom is -0.480 e. The Bertz CT molecular complexity index is 471. The molecule has 1 aromatic rings. The summed E-state index contributed by atoms with van der Waals surface area (Å²) < 4.78 is 0. The number of hydrogen-bond acceptors (Lipinski definition) is 3. The number of rotatable bonds is 2. The van der Waals surface area contributed by atoms with Crippen LogP contribution in [0.2, 0.25) is 0 Å². The Hall–Kier alpha value is -1.45. The molecule has 0 spiro atoms. The van der Waals surface area contributed by atoms with E-state index in [1.807, 2.05) is 13.0 Å². The summed E-state index contributed by atoms with van der Waals surface area (Å²) >= 11 is 0. The molecule has 0 aliphatic heterocycles. The van der Waals surface area contributed by atoms with Crippen molar-refractivity contribution in [1.82, 2.24) is 9.97 Å². The van der Waals surface area contributed by atoms with Gasteiger partial charge in [-0.15, -0.1) is 0 Å². The number of nitrogens with zero attached hydrogens (tertiary/aromatic N) is 2. The molecule has 2 rings (SSSR count). The fourth-order valence-corrected chi connectivity index (χ4v) is 1.82. The highest BCUT2D eigenvalue weighted by Crippen LogP contribution is 2.47. The number of carbonyl (C=O) groups is 1. The maximum absolute atomic E-state index is 11.3. The highest BCUT2D eigenvalue weighted by Gasteiger charge is 2.54. The Labute approximate surface area is 101 Å². The molecule has 4 heteroatoms. The summed E-state index contributed by atoms with van der Waals surface area (Å²) in [5.74, 6) is -0.321. The molecule has 0 unspecified atom stereocenters. The van der Waals surface area contributed by atoms with E-state index in [1.54, 1.807) is 0 Å². The molecule has 1 fully saturated rings. The molecule has 1 aromatic heterocycles. The molecule has 0 atom stereocenters. The lowest BCUT2D eigenvalue weighted by molar-refractivity contribution is -0.140. The predicted octanol–water partition coefficient (Wildman–Crippen LogP) is 2.20. The monoisotopic (exact) mass is 234 g/mol. The molecule has 1 aliphatic carbocycles. The van der Waals surface area contributed by atoms with Crippen LogP contribution < -0.4 is 0 Å². The lowest BCUT2D eigenvalue weighted by Gasteiger charge is -2.20. The van der Waals surface area contributed by atoms with E-state index in [4.69, 9.17) is 0 Å². The lowest BCUT2D eigenvalue weighted by atomic mass is 9.91. The summed E-state index contributed by atoms with van der Waals surface area (Å²) in [6.07, 6.45) is 1.30. The van der Waals surface area contributed by atoms with E-state index in [0.717, 1.165) is 11.4 Å². The fourth-order valence-electron chi connectivity index (χ4n) is 1.82. The Kier molecular flexibility index (Phi) is 2.49. The standard InChI is InChI=1S/C13H18N2O2/c1-8-7-9(12(2,3)4)15-10(14-8)13(5-6-13)11(16)17/h7H,5-6H2,1-4H3,(H,16,17). The van der Waals surface area contributed by atoms with Crippen molar-refractivity contribution in [2.24, 2.45) is 0 Å². The zero-order valence-corrected chi connectivity index (χ0v) is 10.7. The molecule has 1 saturated carbocycles. The zero-order valence-electron chi connectivity index (χ0n) is 10.7. The summed E-state index contributed by atoms with van der Waals surface area (Å²) in [7, 11) is 0. The Morgan fingerprint density at radius 3 is 2.35 bits per heavy atom.